The number of benzene rings is 3. The average molecular weight is 605 g/mol. The largest absolute Gasteiger partial charge is 0.497 e. The Labute approximate surface area is 256 Å². The first-order valence-electron chi connectivity index (χ1n) is 14.5. The van der Waals surface area contributed by atoms with Gasteiger partial charge in [-0.05, 0) is 59.7 Å². The first-order chi connectivity index (χ1) is 21.4. The first-order valence-corrected chi connectivity index (χ1v) is 14.5. The molecule has 1 atom stereocenters. The van der Waals surface area contributed by atoms with E-state index in [0.717, 1.165) is 24.2 Å². The van der Waals surface area contributed by atoms with Crippen molar-refractivity contribution in [2.45, 2.75) is 12.5 Å². The summed E-state index contributed by atoms with van der Waals surface area (Å²) in [6.07, 6.45) is 0.433. The summed E-state index contributed by atoms with van der Waals surface area (Å²) in [5.41, 5.74) is 2.27. The van der Waals surface area contributed by atoms with E-state index in [9.17, 15) is 14.0 Å². The number of hydrogen-bond acceptors (Lipinski definition) is 8. The summed E-state index contributed by atoms with van der Waals surface area (Å²) >= 11 is 0. The third kappa shape index (κ3) is 7.00. The number of rotatable bonds is 11. The van der Waals surface area contributed by atoms with Crippen molar-refractivity contribution in [2.24, 2.45) is 5.10 Å². The number of morpholine rings is 1. The van der Waals surface area contributed by atoms with E-state index in [1.54, 1.807) is 33.5 Å². The summed E-state index contributed by atoms with van der Waals surface area (Å²) in [6, 6.07) is 18.3. The van der Waals surface area contributed by atoms with Crippen LogP contribution in [0.1, 0.15) is 33.9 Å². The minimum absolute atomic E-state index is 0.0810. The molecule has 0 saturated carbocycles. The van der Waals surface area contributed by atoms with Crippen LogP contribution in [-0.4, -0.2) is 99.6 Å². The summed E-state index contributed by atoms with van der Waals surface area (Å²) < 4.78 is 36.4. The van der Waals surface area contributed by atoms with Gasteiger partial charge in [0, 0.05) is 32.6 Å². The second-order valence-electron chi connectivity index (χ2n) is 10.5. The molecule has 1 fully saturated rings. The Kier molecular flexibility index (Phi) is 10.1. The molecule has 2 aliphatic rings. The third-order valence-electron chi connectivity index (χ3n) is 7.89. The van der Waals surface area contributed by atoms with E-state index < -0.39 is 17.8 Å². The van der Waals surface area contributed by atoms with E-state index in [1.807, 2.05) is 36.4 Å². The number of carbonyl (C=O) groups excluding carboxylic acids is 2. The molecule has 232 valence electrons. The van der Waals surface area contributed by atoms with Gasteiger partial charge in [0.25, 0.3) is 11.8 Å². The van der Waals surface area contributed by atoms with Crippen LogP contribution in [0.5, 0.6) is 17.2 Å². The quantitative estimate of drug-likeness (QED) is 0.327. The summed E-state index contributed by atoms with van der Waals surface area (Å²) in [4.78, 5) is 31.3. The van der Waals surface area contributed by atoms with Crippen molar-refractivity contribution in [2.75, 3.05) is 67.3 Å². The lowest BCUT2D eigenvalue weighted by molar-refractivity contribution is -0.133. The molecule has 1 unspecified atom stereocenters. The Morgan fingerprint density at radius 3 is 2.36 bits per heavy atom. The van der Waals surface area contributed by atoms with Crippen molar-refractivity contribution >= 4 is 17.5 Å². The predicted octanol–water partition coefficient (Wildman–Crippen LogP) is 4.00. The molecule has 0 aromatic heterocycles. The van der Waals surface area contributed by atoms with Crippen molar-refractivity contribution in [3.63, 3.8) is 0 Å². The summed E-state index contributed by atoms with van der Waals surface area (Å²) in [7, 11) is 4.72. The zero-order valence-corrected chi connectivity index (χ0v) is 25.2. The van der Waals surface area contributed by atoms with Crippen molar-refractivity contribution < 1.29 is 32.9 Å². The first kappa shape index (κ1) is 31.0. The van der Waals surface area contributed by atoms with Gasteiger partial charge in [-0.2, -0.15) is 5.10 Å². The minimum Gasteiger partial charge on any atom is -0.497 e. The predicted molar refractivity (Wildman–Crippen MR) is 163 cm³/mol. The maximum atomic E-state index is 14.7. The highest BCUT2D eigenvalue weighted by Gasteiger charge is 2.35. The van der Waals surface area contributed by atoms with Gasteiger partial charge in [0.15, 0.2) is 11.5 Å². The smallest absolute Gasteiger partial charge is 0.262 e. The number of amides is 2. The van der Waals surface area contributed by atoms with E-state index in [1.165, 1.54) is 28.1 Å². The van der Waals surface area contributed by atoms with Crippen molar-refractivity contribution in [1.29, 1.82) is 0 Å². The molecule has 1 saturated heterocycles. The number of methoxy groups -OCH3 is 3. The highest BCUT2D eigenvalue weighted by atomic mass is 19.1. The Hall–Kier alpha value is -4.48. The SMILES string of the molecule is COc1ccc(C2=NN(C(=O)CN(CCN3CCOCC3)C(=O)c3ccccc3F)C(c3ccc(OC)c(OC)c3)C2)cc1. The standard InChI is InChI=1S/C33H37FN4O6/c1-41-25-11-8-23(9-12-25)28-21-29(24-10-13-30(42-2)31(20-24)43-3)38(35-28)32(39)22-37(15-14-36-16-18-44-19-17-36)33(40)26-6-4-5-7-27(26)34/h4-13,20,29H,14-19,21-22H2,1-3H3. The summed E-state index contributed by atoms with van der Waals surface area (Å²) in [6.45, 7) is 3.13. The molecule has 0 N–H and O–H groups in total. The van der Waals surface area contributed by atoms with Crippen LogP contribution in [0.3, 0.4) is 0 Å². The molecule has 0 radical (unpaired) electrons. The Balaban J connectivity index is 1.45. The highest BCUT2D eigenvalue weighted by molar-refractivity contribution is 6.04. The number of halogens is 1. The topological polar surface area (TPSA) is 93.1 Å². The summed E-state index contributed by atoms with van der Waals surface area (Å²) in [5, 5.41) is 6.20. The molecule has 2 heterocycles. The third-order valence-corrected chi connectivity index (χ3v) is 7.89. The van der Waals surface area contributed by atoms with Gasteiger partial charge < -0.3 is 23.8 Å². The molecule has 10 nitrogen and oxygen atoms in total. The second-order valence-corrected chi connectivity index (χ2v) is 10.5. The van der Waals surface area contributed by atoms with E-state index in [4.69, 9.17) is 24.0 Å². The van der Waals surface area contributed by atoms with Crippen molar-refractivity contribution in [3.05, 3.63) is 89.2 Å². The van der Waals surface area contributed by atoms with Crippen molar-refractivity contribution in [1.82, 2.24) is 14.8 Å². The number of carbonyl (C=O) groups is 2. The lowest BCUT2D eigenvalue weighted by Gasteiger charge is -2.31. The number of nitrogens with zero attached hydrogens (tertiary/aromatic N) is 4. The molecule has 0 bridgehead atoms. The molecule has 44 heavy (non-hydrogen) atoms. The fraction of sp³-hybridized carbons (Fsp3) is 0.364. The van der Waals surface area contributed by atoms with Crippen LogP contribution < -0.4 is 14.2 Å². The molecular formula is C33H37FN4O6. The van der Waals surface area contributed by atoms with Gasteiger partial charge in [-0.15, -0.1) is 0 Å². The molecule has 0 spiro atoms. The normalized spacial score (nSPS) is 16.8. The Morgan fingerprint density at radius 1 is 0.955 bits per heavy atom. The zero-order valence-electron chi connectivity index (χ0n) is 25.2. The molecule has 3 aromatic rings. The number of ether oxygens (including phenoxy) is 4. The van der Waals surface area contributed by atoms with E-state index in [-0.39, 0.29) is 24.6 Å². The van der Waals surface area contributed by atoms with Crippen molar-refractivity contribution in [3.8, 4) is 17.2 Å². The van der Waals surface area contributed by atoms with Crippen LogP contribution in [0, 0.1) is 5.82 Å². The van der Waals surface area contributed by atoms with Crippen LogP contribution in [0.4, 0.5) is 4.39 Å². The molecule has 5 rings (SSSR count). The van der Waals surface area contributed by atoms with E-state index in [2.05, 4.69) is 4.90 Å². The van der Waals surface area contributed by atoms with Gasteiger partial charge >= 0.3 is 0 Å². The Bertz CT molecular complexity index is 1490. The second kappa shape index (κ2) is 14.3. The highest BCUT2D eigenvalue weighted by Crippen LogP contribution is 2.37. The van der Waals surface area contributed by atoms with Gasteiger partial charge in [-0.25, -0.2) is 9.40 Å². The fourth-order valence-electron chi connectivity index (χ4n) is 5.40. The van der Waals surface area contributed by atoms with Gasteiger partial charge in [-0.3, -0.25) is 14.5 Å². The molecule has 2 aliphatic heterocycles. The molecule has 11 heteroatoms. The average Bonchev–Trinajstić information content (AvgIpc) is 3.52. The van der Waals surface area contributed by atoms with E-state index in [0.29, 0.717) is 49.1 Å². The van der Waals surface area contributed by atoms with Gasteiger partial charge in [0.2, 0.25) is 0 Å². The van der Waals surface area contributed by atoms with Gasteiger partial charge in [0.05, 0.1) is 51.9 Å². The van der Waals surface area contributed by atoms with Crippen LogP contribution in [0.2, 0.25) is 0 Å². The molecule has 2 amide bonds. The maximum absolute atomic E-state index is 14.7. The summed E-state index contributed by atoms with van der Waals surface area (Å²) in [5.74, 6) is 0.223. The van der Waals surface area contributed by atoms with Crippen LogP contribution in [0.15, 0.2) is 71.8 Å². The molecule has 0 aliphatic carbocycles. The van der Waals surface area contributed by atoms with Crippen LogP contribution >= 0.6 is 0 Å². The number of hydrogen-bond donors (Lipinski definition) is 0. The maximum Gasteiger partial charge on any atom is 0.262 e. The van der Waals surface area contributed by atoms with E-state index >= 15 is 0 Å². The molecular weight excluding hydrogens is 567 g/mol. The Morgan fingerprint density at radius 2 is 1.68 bits per heavy atom. The zero-order chi connectivity index (χ0) is 31.1. The number of hydrazone groups is 1. The monoisotopic (exact) mass is 604 g/mol. The van der Waals surface area contributed by atoms with Crippen LogP contribution in [0.25, 0.3) is 0 Å². The van der Waals surface area contributed by atoms with Crippen LogP contribution in [-0.2, 0) is 9.53 Å². The van der Waals surface area contributed by atoms with Gasteiger partial charge in [-0.1, -0.05) is 18.2 Å². The lowest BCUT2D eigenvalue weighted by atomic mass is 9.98. The molecule has 3 aromatic carbocycles. The minimum atomic E-state index is -0.634. The van der Waals surface area contributed by atoms with Gasteiger partial charge in [0.1, 0.15) is 18.1 Å². The fourth-order valence-corrected chi connectivity index (χ4v) is 5.40. The lowest BCUT2D eigenvalue weighted by Crippen LogP contribution is -2.46.